The molecule has 0 saturated heterocycles. The maximum absolute atomic E-state index is 12.2. The van der Waals surface area contributed by atoms with Crippen molar-refractivity contribution in [1.29, 1.82) is 0 Å². The van der Waals surface area contributed by atoms with Crippen LogP contribution in [0.25, 0.3) is 0 Å². The largest absolute Gasteiger partial charge is 0.356 e. The van der Waals surface area contributed by atoms with Crippen molar-refractivity contribution in [3.8, 4) is 0 Å². The van der Waals surface area contributed by atoms with E-state index in [0.29, 0.717) is 5.56 Å². The van der Waals surface area contributed by atoms with Crippen LogP contribution in [0.3, 0.4) is 0 Å². The van der Waals surface area contributed by atoms with Crippen LogP contribution in [-0.2, 0) is 0 Å². The van der Waals surface area contributed by atoms with Crippen LogP contribution in [0.1, 0.15) is 15.9 Å². The molecule has 3 heteroatoms. The van der Waals surface area contributed by atoms with E-state index in [2.05, 4.69) is 10.6 Å². The van der Waals surface area contributed by atoms with Gasteiger partial charge in [-0.3, -0.25) is 4.79 Å². The van der Waals surface area contributed by atoms with E-state index in [4.69, 9.17) is 0 Å². The summed E-state index contributed by atoms with van der Waals surface area (Å²) >= 11 is 0. The molecular weight excluding hydrogens is 284 g/mol. The van der Waals surface area contributed by atoms with Gasteiger partial charge in [0.25, 0.3) is 5.91 Å². The lowest BCUT2D eigenvalue weighted by Crippen LogP contribution is -2.11. The van der Waals surface area contributed by atoms with Crippen molar-refractivity contribution in [2.75, 3.05) is 10.6 Å². The normalized spacial score (nSPS) is 10.1. The van der Waals surface area contributed by atoms with Crippen molar-refractivity contribution in [2.45, 2.75) is 6.92 Å². The van der Waals surface area contributed by atoms with Crippen LogP contribution in [0, 0.1) is 6.92 Å². The number of carbonyl (C=O) groups excluding carboxylic acids is 1. The molecule has 0 aromatic heterocycles. The fourth-order valence-electron chi connectivity index (χ4n) is 2.23. The number of hydrogen-bond donors (Lipinski definition) is 2. The van der Waals surface area contributed by atoms with Crippen LogP contribution < -0.4 is 10.6 Å². The van der Waals surface area contributed by atoms with Crippen molar-refractivity contribution >= 4 is 23.0 Å². The molecule has 0 saturated carbocycles. The average molecular weight is 302 g/mol. The van der Waals surface area contributed by atoms with Gasteiger partial charge in [-0.1, -0.05) is 35.9 Å². The van der Waals surface area contributed by atoms with Crippen LogP contribution in [0.4, 0.5) is 17.1 Å². The first-order chi connectivity index (χ1) is 11.2. The smallest absolute Gasteiger partial charge is 0.255 e. The van der Waals surface area contributed by atoms with Gasteiger partial charge < -0.3 is 10.6 Å². The first-order valence-electron chi connectivity index (χ1n) is 7.51. The number of aryl methyl sites for hydroxylation is 1. The lowest BCUT2D eigenvalue weighted by atomic mass is 10.1. The van der Waals surface area contributed by atoms with Gasteiger partial charge in [-0.05, 0) is 55.5 Å². The monoisotopic (exact) mass is 302 g/mol. The zero-order chi connectivity index (χ0) is 16.1. The minimum Gasteiger partial charge on any atom is -0.356 e. The van der Waals surface area contributed by atoms with Crippen LogP contribution in [0.2, 0.25) is 0 Å². The summed E-state index contributed by atoms with van der Waals surface area (Å²) < 4.78 is 0. The fourth-order valence-corrected chi connectivity index (χ4v) is 2.23. The van der Waals surface area contributed by atoms with Crippen LogP contribution in [0.15, 0.2) is 78.9 Å². The minimum absolute atomic E-state index is 0.103. The Hall–Kier alpha value is -3.07. The van der Waals surface area contributed by atoms with Crippen molar-refractivity contribution in [1.82, 2.24) is 0 Å². The Morgan fingerprint density at radius 2 is 1.26 bits per heavy atom. The van der Waals surface area contributed by atoms with Crippen LogP contribution in [0.5, 0.6) is 0 Å². The lowest BCUT2D eigenvalue weighted by Gasteiger charge is -2.09. The Morgan fingerprint density at radius 3 is 1.91 bits per heavy atom. The molecule has 0 bridgehead atoms. The van der Waals surface area contributed by atoms with Gasteiger partial charge in [0.1, 0.15) is 0 Å². The molecule has 0 aliphatic heterocycles. The summed E-state index contributed by atoms with van der Waals surface area (Å²) in [5.41, 5.74) is 4.57. The van der Waals surface area contributed by atoms with E-state index in [9.17, 15) is 4.79 Å². The van der Waals surface area contributed by atoms with Gasteiger partial charge in [-0.15, -0.1) is 0 Å². The Bertz CT molecular complexity index is 778. The number of nitrogens with one attached hydrogen (secondary N) is 2. The zero-order valence-electron chi connectivity index (χ0n) is 12.9. The predicted octanol–water partition coefficient (Wildman–Crippen LogP) is 4.99. The zero-order valence-corrected chi connectivity index (χ0v) is 12.9. The SMILES string of the molecule is Cc1ccc(C(=O)Nc2ccc(Nc3ccccc3)cc2)cc1. The summed E-state index contributed by atoms with van der Waals surface area (Å²) in [4.78, 5) is 12.2. The van der Waals surface area contributed by atoms with E-state index < -0.39 is 0 Å². The minimum atomic E-state index is -0.103. The Kier molecular flexibility index (Phi) is 4.39. The van der Waals surface area contributed by atoms with Crippen molar-refractivity contribution < 1.29 is 4.79 Å². The standard InChI is InChI=1S/C20H18N2O/c1-15-7-9-16(10-8-15)20(23)22-19-13-11-18(12-14-19)21-17-5-3-2-4-6-17/h2-14,21H,1H3,(H,22,23). The fraction of sp³-hybridized carbons (Fsp3) is 0.0500. The highest BCUT2D eigenvalue weighted by Crippen LogP contribution is 2.19. The van der Waals surface area contributed by atoms with Gasteiger partial charge in [0, 0.05) is 22.6 Å². The molecule has 23 heavy (non-hydrogen) atoms. The Morgan fingerprint density at radius 1 is 0.696 bits per heavy atom. The third-order valence-corrected chi connectivity index (χ3v) is 3.52. The van der Waals surface area contributed by atoms with Gasteiger partial charge in [-0.2, -0.15) is 0 Å². The number of carbonyl (C=O) groups is 1. The number of para-hydroxylation sites is 1. The van der Waals surface area contributed by atoms with E-state index in [1.54, 1.807) is 0 Å². The molecule has 114 valence electrons. The second-order valence-corrected chi connectivity index (χ2v) is 5.39. The summed E-state index contributed by atoms with van der Waals surface area (Å²) in [7, 11) is 0. The average Bonchev–Trinajstić information content (AvgIpc) is 2.58. The molecular formula is C20H18N2O. The number of anilines is 3. The maximum Gasteiger partial charge on any atom is 0.255 e. The van der Waals surface area contributed by atoms with Gasteiger partial charge in [-0.25, -0.2) is 0 Å². The van der Waals surface area contributed by atoms with Crippen molar-refractivity contribution in [3.63, 3.8) is 0 Å². The summed E-state index contributed by atoms with van der Waals surface area (Å²) in [6, 6.07) is 25.1. The van der Waals surface area contributed by atoms with Gasteiger partial charge in [0.15, 0.2) is 0 Å². The summed E-state index contributed by atoms with van der Waals surface area (Å²) in [5, 5.41) is 6.21. The quantitative estimate of drug-likeness (QED) is 0.712. The van der Waals surface area contributed by atoms with E-state index >= 15 is 0 Å². The van der Waals surface area contributed by atoms with Gasteiger partial charge in [0.2, 0.25) is 0 Å². The summed E-state index contributed by atoms with van der Waals surface area (Å²) in [6.07, 6.45) is 0. The molecule has 0 aliphatic carbocycles. The number of rotatable bonds is 4. The molecule has 0 aliphatic rings. The first kappa shape index (κ1) is 14.9. The molecule has 0 spiro atoms. The third kappa shape index (κ3) is 3.98. The first-order valence-corrected chi connectivity index (χ1v) is 7.51. The molecule has 0 heterocycles. The molecule has 3 nitrogen and oxygen atoms in total. The number of amides is 1. The topological polar surface area (TPSA) is 41.1 Å². The summed E-state index contributed by atoms with van der Waals surface area (Å²) in [5.74, 6) is -0.103. The highest BCUT2D eigenvalue weighted by Gasteiger charge is 2.05. The number of hydrogen-bond acceptors (Lipinski definition) is 2. The molecule has 3 aromatic carbocycles. The second kappa shape index (κ2) is 6.79. The van der Waals surface area contributed by atoms with E-state index in [0.717, 1.165) is 22.6 Å². The van der Waals surface area contributed by atoms with E-state index in [1.807, 2.05) is 85.8 Å². The van der Waals surface area contributed by atoms with E-state index in [-0.39, 0.29) is 5.91 Å². The molecule has 0 fully saturated rings. The highest BCUT2D eigenvalue weighted by atomic mass is 16.1. The molecule has 0 radical (unpaired) electrons. The molecule has 3 aromatic rings. The second-order valence-electron chi connectivity index (χ2n) is 5.39. The van der Waals surface area contributed by atoms with Crippen molar-refractivity contribution in [3.05, 3.63) is 90.0 Å². The molecule has 0 unspecified atom stereocenters. The molecule has 1 amide bonds. The van der Waals surface area contributed by atoms with E-state index in [1.165, 1.54) is 0 Å². The highest BCUT2D eigenvalue weighted by molar-refractivity contribution is 6.04. The van der Waals surface area contributed by atoms with Crippen LogP contribution >= 0.6 is 0 Å². The van der Waals surface area contributed by atoms with Gasteiger partial charge >= 0.3 is 0 Å². The predicted molar refractivity (Wildman–Crippen MR) is 95.3 cm³/mol. The Labute approximate surface area is 136 Å². The molecule has 2 N–H and O–H groups in total. The van der Waals surface area contributed by atoms with Gasteiger partial charge in [0.05, 0.1) is 0 Å². The lowest BCUT2D eigenvalue weighted by molar-refractivity contribution is 0.102. The number of benzene rings is 3. The summed E-state index contributed by atoms with van der Waals surface area (Å²) in [6.45, 7) is 2.00. The molecule has 3 rings (SSSR count). The third-order valence-electron chi connectivity index (χ3n) is 3.52. The maximum atomic E-state index is 12.2. The van der Waals surface area contributed by atoms with Crippen molar-refractivity contribution in [2.24, 2.45) is 0 Å². The van der Waals surface area contributed by atoms with Crippen LogP contribution in [-0.4, -0.2) is 5.91 Å². The molecule has 0 atom stereocenters. The Balaban J connectivity index is 1.65.